The van der Waals surface area contributed by atoms with Gasteiger partial charge in [-0.15, -0.1) is 0 Å². The zero-order chi connectivity index (χ0) is 11.5. The quantitative estimate of drug-likeness (QED) is 0.758. The molecule has 0 amide bonds. The van der Waals surface area contributed by atoms with Crippen molar-refractivity contribution in [3.8, 4) is 0 Å². The van der Waals surface area contributed by atoms with Crippen LogP contribution in [0.2, 0.25) is 0 Å². The van der Waals surface area contributed by atoms with Crippen LogP contribution in [-0.2, 0) is 26.6 Å². The van der Waals surface area contributed by atoms with E-state index in [0.29, 0.717) is 17.7 Å². The Bertz CT molecular complexity index is 526. The maximum atomic E-state index is 9.11. The van der Waals surface area contributed by atoms with Gasteiger partial charge in [0.1, 0.15) is 6.33 Å². The summed E-state index contributed by atoms with van der Waals surface area (Å²) in [5.74, 6) is 0.773. The monoisotopic (exact) mass is 239 g/mol. The molecule has 2 aromatic rings. The van der Waals surface area contributed by atoms with Gasteiger partial charge >= 0.3 is 0 Å². The Balaban J connectivity index is 2.09. The Kier molecular flexibility index (Phi) is 3.16. The van der Waals surface area contributed by atoms with E-state index in [-0.39, 0.29) is 6.61 Å². The fourth-order valence-electron chi connectivity index (χ4n) is 1.52. The molecule has 0 bridgehead atoms. The van der Waals surface area contributed by atoms with Crippen LogP contribution < -0.4 is 0 Å². The Labute approximate surface area is 97.6 Å². The normalized spacial score (nSPS) is 10.9. The predicted octanol–water partition coefficient (Wildman–Crippen LogP) is 0.409. The molecule has 0 atom stereocenters. The predicted molar refractivity (Wildman–Crippen MR) is 60.2 cm³/mol. The number of aromatic nitrogens is 5. The smallest absolute Gasteiger partial charge is 0.177 e. The van der Waals surface area contributed by atoms with Gasteiger partial charge in [0.05, 0.1) is 12.3 Å². The van der Waals surface area contributed by atoms with Crippen molar-refractivity contribution < 1.29 is 5.11 Å². The third-order valence-electron chi connectivity index (χ3n) is 2.32. The van der Waals surface area contributed by atoms with Gasteiger partial charge in [-0.05, 0) is 12.2 Å². The molecule has 7 heteroatoms. The summed E-state index contributed by atoms with van der Waals surface area (Å²) < 4.78 is 4.13. The molecule has 0 aliphatic rings. The number of hydrogen-bond donors (Lipinski definition) is 2. The summed E-state index contributed by atoms with van der Waals surface area (Å²) in [5.41, 5.74) is 0.779. The number of nitrogens with zero attached hydrogens (tertiary/aromatic N) is 4. The van der Waals surface area contributed by atoms with Crippen LogP contribution in [0.4, 0.5) is 0 Å². The SMILES string of the molecule is Cn1cnc(CCn2c(CO)c[nH]c2=S)n1. The van der Waals surface area contributed by atoms with E-state index in [9.17, 15) is 0 Å². The molecule has 0 unspecified atom stereocenters. The van der Waals surface area contributed by atoms with E-state index in [1.165, 1.54) is 0 Å². The van der Waals surface area contributed by atoms with Crippen LogP contribution in [0, 0.1) is 4.77 Å². The van der Waals surface area contributed by atoms with E-state index in [4.69, 9.17) is 17.3 Å². The summed E-state index contributed by atoms with van der Waals surface area (Å²) in [4.78, 5) is 7.03. The average Bonchev–Trinajstić information content (AvgIpc) is 2.82. The molecule has 0 spiro atoms. The molecule has 16 heavy (non-hydrogen) atoms. The maximum Gasteiger partial charge on any atom is 0.177 e. The van der Waals surface area contributed by atoms with Gasteiger partial charge in [0.2, 0.25) is 0 Å². The van der Waals surface area contributed by atoms with Gasteiger partial charge in [-0.3, -0.25) is 4.68 Å². The highest BCUT2D eigenvalue weighted by atomic mass is 32.1. The van der Waals surface area contributed by atoms with E-state index in [1.807, 2.05) is 11.6 Å². The number of imidazole rings is 1. The zero-order valence-corrected chi connectivity index (χ0v) is 9.74. The summed E-state index contributed by atoms with van der Waals surface area (Å²) in [5, 5.41) is 13.3. The minimum Gasteiger partial charge on any atom is -0.390 e. The number of nitrogens with one attached hydrogen (secondary N) is 1. The summed E-state index contributed by atoms with van der Waals surface area (Å²) >= 11 is 5.11. The van der Waals surface area contributed by atoms with E-state index in [0.717, 1.165) is 11.5 Å². The van der Waals surface area contributed by atoms with Gasteiger partial charge in [0.25, 0.3) is 0 Å². The minimum atomic E-state index is -0.0250. The van der Waals surface area contributed by atoms with E-state index < -0.39 is 0 Å². The van der Waals surface area contributed by atoms with Gasteiger partial charge < -0.3 is 14.7 Å². The van der Waals surface area contributed by atoms with Crippen molar-refractivity contribution in [1.82, 2.24) is 24.3 Å². The summed E-state index contributed by atoms with van der Waals surface area (Å²) in [6.45, 7) is 0.644. The zero-order valence-electron chi connectivity index (χ0n) is 8.92. The van der Waals surface area contributed by atoms with Crippen molar-refractivity contribution >= 4 is 12.2 Å². The minimum absolute atomic E-state index is 0.0250. The van der Waals surface area contributed by atoms with Crippen molar-refractivity contribution in [2.75, 3.05) is 0 Å². The van der Waals surface area contributed by atoms with Crippen molar-refractivity contribution in [1.29, 1.82) is 0 Å². The van der Waals surface area contributed by atoms with Gasteiger partial charge in [-0.1, -0.05) is 0 Å². The van der Waals surface area contributed by atoms with Crippen molar-refractivity contribution in [2.24, 2.45) is 7.05 Å². The lowest BCUT2D eigenvalue weighted by Crippen LogP contribution is -2.07. The molecule has 2 heterocycles. The van der Waals surface area contributed by atoms with Gasteiger partial charge in [-0.25, -0.2) is 4.98 Å². The highest BCUT2D eigenvalue weighted by molar-refractivity contribution is 7.71. The molecule has 6 nitrogen and oxygen atoms in total. The molecular weight excluding hydrogens is 226 g/mol. The van der Waals surface area contributed by atoms with Crippen LogP contribution in [-0.4, -0.2) is 29.4 Å². The second-order valence-corrected chi connectivity index (χ2v) is 3.87. The standard InChI is InChI=1S/C9H13N5OS/c1-13-6-11-8(12-13)2-3-14-7(5-15)4-10-9(14)16/h4,6,15H,2-3,5H2,1H3,(H,10,16). The Morgan fingerprint density at radius 2 is 2.38 bits per heavy atom. The lowest BCUT2D eigenvalue weighted by Gasteiger charge is -2.03. The van der Waals surface area contributed by atoms with Crippen LogP contribution in [0.15, 0.2) is 12.5 Å². The van der Waals surface area contributed by atoms with Crippen molar-refractivity contribution in [2.45, 2.75) is 19.6 Å². The second kappa shape index (κ2) is 4.58. The molecule has 0 aromatic carbocycles. The van der Waals surface area contributed by atoms with Gasteiger partial charge in [0, 0.05) is 26.2 Å². The third kappa shape index (κ3) is 2.20. The third-order valence-corrected chi connectivity index (χ3v) is 2.66. The first-order valence-electron chi connectivity index (χ1n) is 4.93. The van der Waals surface area contributed by atoms with Crippen LogP contribution in [0.5, 0.6) is 0 Å². The first-order valence-corrected chi connectivity index (χ1v) is 5.34. The lowest BCUT2D eigenvalue weighted by molar-refractivity contribution is 0.270. The Hall–Kier alpha value is -1.47. The second-order valence-electron chi connectivity index (χ2n) is 3.48. The highest BCUT2D eigenvalue weighted by Gasteiger charge is 2.04. The molecule has 2 rings (SSSR count). The molecule has 0 radical (unpaired) electrons. The molecule has 0 fully saturated rings. The lowest BCUT2D eigenvalue weighted by atomic mass is 10.4. The van der Waals surface area contributed by atoms with E-state index in [2.05, 4.69) is 15.1 Å². The number of aliphatic hydroxyl groups excluding tert-OH is 1. The molecule has 0 saturated carbocycles. The van der Waals surface area contributed by atoms with Crippen LogP contribution in [0.1, 0.15) is 11.5 Å². The first-order chi connectivity index (χ1) is 7.70. The number of rotatable bonds is 4. The first kappa shape index (κ1) is 11.0. The largest absolute Gasteiger partial charge is 0.390 e. The number of hydrogen-bond acceptors (Lipinski definition) is 4. The number of aromatic amines is 1. The molecular formula is C9H13N5OS. The number of H-pyrrole nitrogens is 1. The summed E-state index contributed by atoms with van der Waals surface area (Å²) in [6.07, 6.45) is 4.08. The molecule has 86 valence electrons. The fourth-order valence-corrected chi connectivity index (χ4v) is 1.79. The molecule has 0 aliphatic heterocycles. The Morgan fingerprint density at radius 1 is 1.56 bits per heavy atom. The van der Waals surface area contributed by atoms with Crippen molar-refractivity contribution in [3.05, 3.63) is 28.8 Å². The molecule has 2 aromatic heterocycles. The van der Waals surface area contributed by atoms with Gasteiger partial charge in [0.15, 0.2) is 10.6 Å². The summed E-state index contributed by atoms with van der Waals surface area (Å²) in [7, 11) is 1.83. The van der Waals surface area contributed by atoms with E-state index >= 15 is 0 Å². The van der Waals surface area contributed by atoms with Crippen LogP contribution in [0.25, 0.3) is 0 Å². The highest BCUT2D eigenvalue weighted by Crippen LogP contribution is 2.03. The molecule has 2 N–H and O–H groups in total. The maximum absolute atomic E-state index is 9.11. The molecule has 0 saturated heterocycles. The number of aliphatic hydroxyl groups is 1. The fraction of sp³-hybridized carbons (Fsp3) is 0.444. The molecule has 0 aliphatic carbocycles. The van der Waals surface area contributed by atoms with Crippen LogP contribution >= 0.6 is 12.2 Å². The Morgan fingerprint density at radius 3 is 3.00 bits per heavy atom. The topological polar surface area (TPSA) is 71.7 Å². The van der Waals surface area contributed by atoms with Crippen LogP contribution in [0.3, 0.4) is 0 Å². The average molecular weight is 239 g/mol. The van der Waals surface area contributed by atoms with Crippen molar-refractivity contribution in [3.63, 3.8) is 0 Å². The summed E-state index contributed by atoms with van der Waals surface area (Å²) in [6, 6.07) is 0. The number of aryl methyl sites for hydroxylation is 2. The van der Waals surface area contributed by atoms with Gasteiger partial charge in [-0.2, -0.15) is 5.10 Å². The van der Waals surface area contributed by atoms with E-state index in [1.54, 1.807) is 17.2 Å².